The van der Waals surface area contributed by atoms with Crippen LogP contribution in [0.1, 0.15) is 5.69 Å². The van der Waals surface area contributed by atoms with Crippen molar-refractivity contribution in [2.75, 3.05) is 14.2 Å². The zero-order valence-electron chi connectivity index (χ0n) is 10.0. The Morgan fingerprint density at radius 2 is 2.11 bits per heavy atom. The minimum absolute atomic E-state index is 0.111. The van der Waals surface area contributed by atoms with E-state index in [4.69, 9.17) is 14.6 Å². The number of benzene rings is 1. The van der Waals surface area contributed by atoms with Crippen LogP contribution in [0.3, 0.4) is 0 Å². The summed E-state index contributed by atoms with van der Waals surface area (Å²) in [4.78, 5) is 7.33. The summed E-state index contributed by atoms with van der Waals surface area (Å²) in [6.07, 6.45) is 0. The molecule has 1 aromatic carbocycles. The monoisotopic (exact) mass is 312 g/mol. The van der Waals surface area contributed by atoms with Crippen molar-refractivity contribution in [2.24, 2.45) is 0 Å². The van der Waals surface area contributed by atoms with Gasteiger partial charge in [-0.25, -0.2) is 4.98 Å². The second-order valence-electron chi connectivity index (χ2n) is 3.58. The van der Waals surface area contributed by atoms with Gasteiger partial charge in [-0.3, -0.25) is 0 Å². The molecule has 96 valence electrons. The summed E-state index contributed by atoms with van der Waals surface area (Å²) in [6.45, 7) is -0.111. The second kappa shape index (κ2) is 5.41. The molecule has 1 heterocycles. The standard InChI is InChI=1S/C12H13BrN2O3/c1-17-7-3-4-10(18-2)8(5-7)12-14-9(6-16)11(13)15-12/h3-5,16H,6H2,1-2H3,(H,14,15). The number of imidazole rings is 1. The molecule has 0 aliphatic carbocycles. The van der Waals surface area contributed by atoms with E-state index in [1.54, 1.807) is 14.2 Å². The second-order valence-corrected chi connectivity index (χ2v) is 4.33. The van der Waals surface area contributed by atoms with Crippen molar-refractivity contribution in [2.45, 2.75) is 6.61 Å². The van der Waals surface area contributed by atoms with Crippen LogP contribution in [0.25, 0.3) is 11.4 Å². The highest BCUT2D eigenvalue weighted by Crippen LogP contribution is 2.33. The highest BCUT2D eigenvalue weighted by atomic mass is 79.9. The van der Waals surface area contributed by atoms with Gasteiger partial charge in [-0.05, 0) is 34.1 Å². The molecule has 2 N–H and O–H groups in total. The van der Waals surface area contributed by atoms with Crippen LogP contribution in [0.2, 0.25) is 0 Å². The number of aromatic nitrogens is 2. The SMILES string of the molecule is COc1ccc(OC)c(-c2nc(Br)c(CO)[nH]2)c1. The number of halogens is 1. The molecule has 18 heavy (non-hydrogen) atoms. The maximum absolute atomic E-state index is 9.15. The third-order valence-corrected chi connectivity index (χ3v) is 3.20. The van der Waals surface area contributed by atoms with E-state index in [1.165, 1.54) is 0 Å². The molecule has 0 bridgehead atoms. The molecular formula is C12H13BrN2O3. The lowest BCUT2D eigenvalue weighted by Crippen LogP contribution is -1.91. The molecule has 0 fully saturated rings. The summed E-state index contributed by atoms with van der Waals surface area (Å²) in [6, 6.07) is 5.45. The lowest BCUT2D eigenvalue weighted by Gasteiger charge is -2.08. The average Bonchev–Trinajstić information content (AvgIpc) is 2.79. The van der Waals surface area contributed by atoms with Crippen LogP contribution in [0.5, 0.6) is 11.5 Å². The zero-order chi connectivity index (χ0) is 13.1. The minimum Gasteiger partial charge on any atom is -0.497 e. The molecule has 0 spiro atoms. The molecule has 0 radical (unpaired) electrons. The van der Waals surface area contributed by atoms with E-state index in [0.717, 1.165) is 5.56 Å². The Morgan fingerprint density at radius 1 is 1.33 bits per heavy atom. The first-order valence-electron chi connectivity index (χ1n) is 5.27. The van der Waals surface area contributed by atoms with E-state index in [0.29, 0.717) is 27.6 Å². The van der Waals surface area contributed by atoms with Gasteiger partial charge in [0.1, 0.15) is 21.9 Å². The number of hydrogen-bond donors (Lipinski definition) is 2. The van der Waals surface area contributed by atoms with Gasteiger partial charge in [0.15, 0.2) is 0 Å². The van der Waals surface area contributed by atoms with Gasteiger partial charge in [-0.15, -0.1) is 0 Å². The zero-order valence-corrected chi connectivity index (χ0v) is 11.6. The van der Waals surface area contributed by atoms with Crippen molar-refractivity contribution < 1.29 is 14.6 Å². The fraction of sp³-hybridized carbons (Fsp3) is 0.250. The smallest absolute Gasteiger partial charge is 0.142 e. The van der Waals surface area contributed by atoms with Crippen molar-refractivity contribution in [3.63, 3.8) is 0 Å². The van der Waals surface area contributed by atoms with E-state index in [-0.39, 0.29) is 6.61 Å². The van der Waals surface area contributed by atoms with Crippen LogP contribution in [0.15, 0.2) is 22.8 Å². The number of rotatable bonds is 4. The van der Waals surface area contributed by atoms with Crippen LogP contribution in [0.4, 0.5) is 0 Å². The summed E-state index contributed by atoms with van der Waals surface area (Å²) in [7, 11) is 3.19. The Bertz CT molecular complexity index is 554. The third kappa shape index (κ3) is 2.34. The topological polar surface area (TPSA) is 67.4 Å². The molecule has 6 heteroatoms. The van der Waals surface area contributed by atoms with Crippen molar-refractivity contribution in [3.8, 4) is 22.9 Å². The quantitative estimate of drug-likeness (QED) is 0.909. The lowest BCUT2D eigenvalue weighted by molar-refractivity contribution is 0.276. The summed E-state index contributed by atoms with van der Waals surface area (Å²) < 4.78 is 11.1. The van der Waals surface area contributed by atoms with Gasteiger partial charge in [0.2, 0.25) is 0 Å². The summed E-state index contributed by atoms with van der Waals surface area (Å²) in [5.41, 5.74) is 1.40. The minimum atomic E-state index is -0.111. The maximum atomic E-state index is 9.15. The molecule has 2 aromatic rings. The van der Waals surface area contributed by atoms with Gasteiger partial charge in [0.05, 0.1) is 32.1 Å². The first-order chi connectivity index (χ1) is 8.69. The normalized spacial score (nSPS) is 10.4. The lowest BCUT2D eigenvalue weighted by atomic mass is 10.2. The molecule has 0 amide bonds. The number of aliphatic hydroxyl groups is 1. The molecule has 0 aliphatic heterocycles. The molecule has 1 aromatic heterocycles. The number of methoxy groups -OCH3 is 2. The van der Waals surface area contributed by atoms with Crippen molar-refractivity contribution >= 4 is 15.9 Å². The fourth-order valence-electron chi connectivity index (χ4n) is 1.62. The van der Waals surface area contributed by atoms with Crippen molar-refractivity contribution in [1.82, 2.24) is 9.97 Å². The van der Waals surface area contributed by atoms with Gasteiger partial charge >= 0.3 is 0 Å². The molecule has 5 nitrogen and oxygen atoms in total. The highest BCUT2D eigenvalue weighted by molar-refractivity contribution is 9.10. The van der Waals surface area contributed by atoms with Gasteiger partial charge in [0, 0.05) is 0 Å². The number of H-pyrrole nitrogens is 1. The number of nitrogens with one attached hydrogen (secondary N) is 1. The van der Waals surface area contributed by atoms with E-state index in [2.05, 4.69) is 25.9 Å². The molecule has 0 atom stereocenters. The predicted octanol–water partition coefficient (Wildman–Crippen LogP) is 2.35. The van der Waals surface area contributed by atoms with Crippen molar-refractivity contribution in [1.29, 1.82) is 0 Å². The maximum Gasteiger partial charge on any atom is 0.142 e. The Kier molecular flexibility index (Phi) is 3.88. The van der Waals surface area contributed by atoms with Gasteiger partial charge in [-0.1, -0.05) is 0 Å². The van der Waals surface area contributed by atoms with Crippen LogP contribution in [-0.2, 0) is 6.61 Å². The molecule has 0 saturated carbocycles. The Balaban J connectivity index is 2.53. The first-order valence-corrected chi connectivity index (χ1v) is 6.06. The molecule has 0 saturated heterocycles. The molecule has 2 rings (SSSR count). The van der Waals surface area contributed by atoms with Crippen molar-refractivity contribution in [3.05, 3.63) is 28.5 Å². The Hall–Kier alpha value is -1.53. The van der Waals surface area contributed by atoms with E-state index in [9.17, 15) is 0 Å². The number of hydrogen-bond acceptors (Lipinski definition) is 4. The number of ether oxygens (including phenoxy) is 2. The van der Waals surface area contributed by atoms with Gasteiger partial charge in [0.25, 0.3) is 0 Å². The average molecular weight is 313 g/mol. The van der Waals surface area contributed by atoms with E-state index >= 15 is 0 Å². The molecule has 0 aliphatic rings. The number of nitrogens with zero attached hydrogens (tertiary/aromatic N) is 1. The van der Waals surface area contributed by atoms with E-state index < -0.39 is 0 Å². The van der Waals surface area contributed by atoms with Crippen LogP contribution < -0.4 is 9.47 Å². The molecule has 0 unspecified atom stereocenters. The van der Waals surface area contributed by atoms with Crippen LogP contribution >= 0.6 is 15.9 Å². The Morgan fingerprint density at radius 3 is 2.67 bits per heavy atom. The number of aromatic amines is 1. The predicted molar refractivity (Wildman–Crippen MR) is 70.8 cm³/mol. The summed E-state index contributed by atoms with van der Waals surface area (Å²) in [5, 5.41) is 9.15. The summed E-state index contributed by atoms with van der Waals surface area (Å²) in [5.74, 6) is 2.01. The fourth-order valence-corrected chi connectivity index (χ4v) is 2.02. The van der Waals surface area contributed by atoms with Gasteiger partial charge in [-0.2, -0.15) is 0 Å². The van der Waals surface area contributed by atoms with Crippen LogP contribution in [-0.4, -0.2) is 29.3 Å². The van der Waals surface area contributed by atoms with Crippen LogP contribution in [0, 0.1) is 0 Å². The largest absolute Gasteiger partial charge is 0.497 e. The van der Waals surface area contributed by atoms with Gasteiger partial charge < -0.3 is 19.6 Å². The number of aliphatic hydroxyl groups excluding tert-OH is 1. The Labute approximate surface area is 113 Å². The van der Waals surface area contributed by atoms with E-state index in [1.807, 2.05) is 18.2 Å². The first kappa shape index (κ1) is 12.9. The highest BCUT2D eigenvalue weighted by Gasteiger charge is 2.13. The molecular weight excluding hydrogens is 300 g/mol. The summed E-state index contributed by atoms with van der Waals surface area (Å²) >= 11 is 3.28. The third-order valence-electron chi connectivity index (χ3n) is 2.55.